The molecule has 1 heterocycles. The van der Waals surface area contributed by atoms with Crippen LogP contribution in [0.1, 0.15) is 56.2 Å². The Labute approximate surface area is 221 Å². The first kappa shape index (κ1) is 25.6. The summed E-state index contributed by atoms with van der Waals surface area (Å²) in [5, 5.41) is 2.68. The SMILES string of the molecule is CC(=O)CC(=O)Nc1ccc2c(c1)CCC21OC(=O)N(CC(=O)N(Cc2ccccc2)C(C)C2CC2)C1=O. The Bertz CT molecular complexity index is 1300. The molecule has 9 heteroatoms. The monoisotopic (exact) mass is 517 g/mol. The second-order valence-electron chi connectivity index (χ2n) is 10.5. The third-order valence-corrected chi connectivity index (χ3v) is 7.66. The standard InChI is InChI=1S/C29H31N3O6/c1-18(33)14-25(34)30-23-10-11-24-22(15-23)12-13-29(24)27(36)32(28(37)38-29)17-26(35)31(19(2)21-8-9-21)16-20-6-4-3-5-7-20/h3-7,10-11,15,19,21H,8-9,12-14,16-17H2,1-2H3,(H,30,34). The highest BCUT2D eigenvalue weighted by molar-refractivity contribution is 6.07. The largest absolute Gasteiger partial charge is 0.427 e. The summed E-state index contributed by atoms with van der Waals surface area (Å²) < 4.78 is 5.69. The van der Waals surface area contributed by atoms with Gasteiger partial charge in [-0.2, -0.15) is 0 Å². The smallest absolute Gasteiger partial charge is 0.418 e. The molecule has 38 heavy (non-hydrogen) atoms. The van der Waals surface area contributed by atoms with E-state index < -0.39 is 23.5 Å². The highest BCUT2D eigenvalue weighted by Gasteiger charge is 2.58. The van der Waals surface area contributed by atoms with E-state index in [4.69, 9.17) is 4.74 Å². The summed E-state index contributed by atoms with van der Waals surface area (Å²) >= 11 is 0. The molecular weight excluding hydrogens is 486 g/mol. The number of Topliss-reactive ketones (excluding diaryl/α,β-unsaturated/α-hetero) is 1. The van der Waals surface area contributed by atoms with E-state index in [1.165, 1.54) is 6.92 Å². The fraction of sp³-hybridized carbons (Fsp3) is 0.414. The van der Waals surface area contributed by atoms with E-state index in [1.54, 1.807) is 23.1 Å². The summed E-state index contributed by atoms with van der Waals surface area (Å²) in [5.74, 6) is -1.07. The van der Waals surface area contributed by atoms with Gasteiger partial charge in [-0.05, 0) is 62.3 Å². The van der Waals surface area contributed by atoms with E-state index in [0.29, 0.717) is 30.1 Å². The quantitative estimate of drug-likeness (QED) is 0.509. The molecule has 0 aromatic heterocycles. The number of nitrogens with one attached hydrogen (secondary N) is 1. The van der Waals surface area contributed by atoms with Gasteiger partial charge >= 0.3 is 6.09 Å². The van der Waals surface area contributed by atoms with Gasteiger partial charge in [0.2, 0.25) is 17.4 Å². The molecular formula is C29H31N3O6. The predicted molar refractivity (Wildman–Crippen MR) is 138 cm³/mol. The van der Waals surface area contributed by atoms with E-state index in [1.807, 2.05) is 37.3 Å². The van der Waals surface area contributed by atoms with Gasteiger partial charge in [0.15, 0.2) is 0 Å². The summed E-state index contributed by atoms with van der Waals surface area (Å²) in [6.45, 7) is 3.39. The van der Waals surface area contributed by atoms with Gasteiger partial charge in [0.1, 0.15) is 12.3 Å². The molecule has 1 saturated heterocycles. The highest BCUT2D eigenvalue weighted by Crippen LogP contribution is 2.46. The molecule has 2 fully saturated rings. The number of carbonyl (C=O) groups excluding carboxylic acids is 5. The summed E-state index contributed by atoms with van der Waals surface area (Å²) in [5.41, 5.74) is 1.34. The van der Waals surface area contributed by atoms with Crippen molar-refractivity contribution in [2.24, 2.45) is 5.92 Å². The van der Waals surface area contributed by atoms with Crippen LogP contribution in [0.3, 0.4) is 0 Å². The van der Waals surface area contributed by atoms with Gasteiger partial charge in [-0.3, -0.25) is 19.2 Å². The maximum atomic E-state index is 13.6. The average molecular weight is 518 g/mol. The van der Waals surface area contributed by atoms with E-state index in [2.05, 4.69) is 5.32 Å². The molecule has 1 spiro atoms. The lowest BCUT2D eigenvalue weighted by atomic mass is 9.94. The zero-order chi connectivity index (χ0) is 27.0. The zero-order valence-electron chi connectivity index (χ0n) is 21.6. The molecule has 2 aromatic rings. The number of amides is 4. The summed E-state index contributed by atoms with van der Waals surface area (Å²) in [7, 11) is 0. The van der Waals surface area contributed by atoms with Gasteiger partial charge in [0, 0.05) is 30.3 Å². The van der Waals surface area contributed by atoms with Crippen LogP contribution in [0.15, 0.2) is 48.5 Å². The minimum absolute atomic E-state index is 0.00534. The van der Waals surface area contributed by atoms with Crippen LogP contribution in [0, 0.1) is 5.92 Å². The molecule has 0 radical (unpaired) electrons. The summed E-state index contributed by atoms with van der Waals surface area (Å²) in [6, 6.07) is 14.7. The van der Waals surface area contributed by atoms with Crippen LogP contribution in [0.2, 0.25) is 0 Å². The highest BCUT2D eigenvalue weighted by atomic mass is 16.6. The number of imide groups is 1. The van der Waals surface area contributed by atoms with Crippen molar-refractivity contribution >= 4 is 35.3 Å². The Kier molecular flexibility index (Phi) is 6.77. The molecule has 2 aromatic carbocycles. The number of carbonyl (C=O) groups is 5. The molecule has 198 valence electrons. The van der Waals surface area contributed by atoms with Gasteiger partial charge < -0.3 is 15.0 Å². The molecule has 4 amide bonds. The van der Waals surface area contributed by atoms with Gasteiger partial charge in [0.25, 0.3) is 5.91 Å². The maximum absolute atomic E-state index is 13.6. The number of hydrogen-bond donors (Lipinski definition) is 1. The van der Waals surface area contributed by atoms with Crippen molar-refractivity contribution in [2.75, 3.05) is 11.9 Å². The zero-order valence-corrected chi connectivity index (χ0v) is 21.6. The van der Waals surface area contributed by atoms with Crippen LogP contribution in [0.25, 0.3) is 0 Å². The summed E-state index contributed by atoms with van der Waals surface area (Å²) in [6.07, 6.45) is 1.79. The first-order valence-electron chi connectivity index (χ1n) is 13.0. The Hall–Kier alpha value is -4.01. The van der Waals surface area contributed by atoms with Gasteiger partial charge in [0.05, 0.1) is 6.42 Å². The number of anilines is 1. The third kappa shape index (κ3) is 4.92. The topological polar surface area (TPSA) is 113 Å². The lowest BCUT2D eigenvalue weighted by molar-refractivity contribution is -0.143. The Morgan fingerprint density at radius 1 is 1.13 bits per heavy atom. The number of hydrogen-bond acceptors (Lipinski definition) is 6. The van der Waals surface area contributed by atoms with E-state index in [9.17, 15) is 24.0 Å². The third-order valence-electron chi connectivity index (χ3n) is 7.66. The average Bonchev–Trinajstić information content (AvgIpc) is 3.63. The number of fused-ring (bicyclic) bond motifs is 2. The Morgan fingerprint density at radius 2 is 1.87 bits per heavy atom. The molecule has 1 N–H and O–H groups in total. The molecule has 5 rings (SSSR count). The molecule has 3 aliphatic rings. The van der Waals surface area contributed by atoms with Crippen LogP contribution >= 0.6 is 0 Å². The lowest BCUT2D eigenvalue weighted by Gasteiger charge is -2.30. The van der Waals surface area contributed by atoms with Gasteiger partial charge in [-0.25, -0.2) is 9.69 Å². The lowest BCUT2D eigenvalue weighted by Crippen LogP contribution is -2.47. The number of ketones is 1. The molecule has 1 saturated carbocycles. The predicted octanol–water partition coefficient (Wildman–Crippen LogP) is 3.55. The van der Waals surface area contributed by atoms with Gasteiger partial charge in [-0.15, -0.1) is 0 Å². The number of rotatable bonds is 9. The van der Waals surface area contributed by atoms with Crippen LogP contribution in [-0.4, -0.2) is 52.0 Å². The fourth-order valence-electron chi connectivity index (χ4n) is 5.46. The Morgan fingerprint density at radius 3 is 2.55 bits per heavy atom. The summed E-state index contributed by atoms with van der Waals surface area (Å²) in [4.78, 5) is 65.9. The number of ether oxygens (including phenoxy) is 1. The second-order valence-corrected chi connectivity index (χ2v) is 10.5. The van der Waals surface area contributed by atoms with Crippen molar-refractivity contribution in [1.29, 1.82) is 0 Å². The van der Waals surface area contributed by atoms with Crippen molar-refractivity contribution in [3.05, 3.63) is 65.2 Å². The van der Waals surface area contributed by atoms with E-state index >= 15 is 0 Å². The minimum atomic E-state index is -1.47. The molecule has 1 aliphatic heterocycles. The second kappa shape index (κ2) is 10.0. The van der Waals surface area contributed by atoms with Crippen LogP contribution in [0.4, 0.5) is 10.5 Å². The first-order chi connectivity index (χ1) is 18.2. The van der Waals surface area contributed by atoms with Crippen molar-refractivity contribution in [3.8, 4) is 0 Å². The first-order valence-corrected chi connectivity index (χ1v) is 13.0. The number of aryl methyl sites for hydroxylation is 1. The molecule has 2 unspecified atom stereocenters. The molecule has 2 atom stereocenters. The van der Waals surface area contributed by atoms with Crippen LogP contribution < -0.4 is 5.32 Å². The normalized spacial score (nSPS) is 20.7. The minimum Gasteiger partial charge on any atom is -0.427 e. The van der Waals surface area contributed by atoms with Crippen LogP contribution in [-0.2, 0) is 42.5 Å². The van der Waals surface area contributed by atoms with Crippen molar-refractivity contribution < 1.29 is 28.7 Å². The number of benzene rings is 2. The van der Waals surface area contributed by atoms with E-state index in [0.717, 1.165) is 28.9 Å². The van der Waals surface area contributed by atoms with Crippen LogP contribution in [0.5, 0.6) is 0 Å². The van der Waals surface area contributed by atoms with Gasteiger partial charge in [-0.1, -0.05) is 36.4 Å². The number of nitrogens with zero attached hydrogens (tertiary/aromatic N) is 2. The Balaban J connectivity index is 1.32. The molecule has 9 nitrogen and oxygen atoms in total. The van der Waals surface area contributed by atoms with E-state index in [-0.39, 0.29) is 37.1 Å². The van der Waals surface area contributed by atoms with Crippen molar-refractivity contribution in [1.82, 2.24) is 9.80 Å². The maximum Gasteiger partial charge on any atom is 0.418 e. The van der Waals surface area contributed by atoms with Crippen molar-refractivity contribution in [2.45, 2.75) is 64.1 Å². The fourth-order valence-corrected chi connectivity index (χ4v) is 5.46. The molecule has 2 aliphatic carbocycles. The molecule has 0 bridgehead atoms. The van der Waals surface area contributed by atoms with Crippen molar-refractivity contribution in [3.63, 3.8) is 0 Å².